The van der Waals surface area contributed by atoms with Gasteiger partial charge in [0.2, 0.25) is 5.91 Å². The van der Waals surface area contributed by atoms with E-state index in [0.717, 1.165) is 19.6 Å². The zero-order valence-electron chi connectivity index (χ0n) is 9.13. The van der Waals surface area contributed by atoms with E-state index in [0.29, 0.717) is 12.5 Å². The van der Waals surface area contributed by atoms with Crippen LogP contribution in [0, 0.1) is 5.92 Å². The molecule has 1 atom stereocenters. The minimum absolute atomic E-state index is 0.0394. The lowest BCUT2D eigenvalue weighted by Gasteiger charge is -2.22. The summed E-state index contributed by atoms with van der Waals surface area (Å²) in [7, 11) is 0. The van der Waals surface area contributed by atoms with Gasteiger partial charge in [0.25, 0.3) is 0 Å². The van der Waals surface area contributed by atoms with E-state index in [1.54, 1.807) is 6.08 Å². The zero-order valence-corrected chi connectivity index (χ0v) is 9.13. The van der Waals surface area contributed by atoms with E-state index in [1.807, 2.05) is 0 Å². The van der Waals surface area contributed by atoms with E-state index in [-0.39, 0.29) is 12.5 Å². The molecule has 0 spiro atoms. The Morgan fingerprint density at radius 1 is 1.67 bits per heavy atom. The lowest BCUT2D eigenvalue weighted by atomic mass is 10.00. The fourth-order valence-corrected chi connectivity index (χ4v) is 1.64. The summed E-state index contributed by atoms with van der Waals surface area (Å²) in [5.41, 5.74) is 0. The molecule has 1 unspecified atom stereocenters. The van der Waals surface area contributed by atoms with Crippen LogP contribution in [0.15, 0.2) is 12.7 Å². The van der Waals surface area contributed by atoms with Gasteiger partial charge in [0.15, 0.2) is 0 Å². The molecule has 1 fully saturated rings. The van der Waals surface area contributed by atoms with Crippen LogP contribution in [0.5, 0.6) is 0 Å². The molecule has 2 N–H and O–H groups in total. The second-order valence-electron chi connectivity index (χ2n) is 3.82. The molecule has 0 aromatic carbocycles. The number of carbonyl (C=O) groups is 1. The molecule has 0 bridgehead atoms. The van der Waals surface area contributed by atoms with E-state index in [9.17, 15) is 4.79 Å². The maximum absolute atomic E-state index is 11.3. The summed E-state index contributed by atoms with van der Waals surface area (Å²) in [5, 5.41) is 6.19. The highest BCUT2D eigenvalue weighted by atomic mass is 16.5. The summed E-state index contributed by atoms with van der Waals surface area (Å²) in [6.07, 6.45) is 4.03. The molecule has 0 radical (unpaired) electrons. The lowest BCUT2D eigenvalue weighted by molar-refractivity contribution is -0.125. The molecular formula is C11H20N2O2. The van der Waals surface area contributed by atoms with Crippen molar-refractivity contribution >= 4 is 5.91 Å². The van der Waals surface area contributed by atoms with Gasteiger partial charge in [-0.15, -0.1) is 6.58 Å². The Hall–Kier alpha value is -0.870. The van der Waals surface area contributed by atoms with Crippen LogP contribution in [-0.2, 0) is 9.53 Å². The molecule has 1 amide bonds. The smallest absolute Gasteiger partial charge is 0.246 e. The average molecular weight is 212 g/mol. The Balaban J connectivity index is 2.02. The molecule has 1 saturated heterocycles. The van der Waals surface area contributed by atoms with Gasteiger partial charge in [-0.2, -0.15) is 0 Å². The number of ether oxygens (including phenoxy) is 1. The first kappa shape index (κ1) is 12.2. The number of hydrogen-bond donors (Lipinski definition) is 2. The van der Waals surface area contributed by atoms with Crippen molar-refractivity contribution in [2.75, 3.05) is 32.8 Å². The third-order valence-electron chi connectivity index (χ3n) is 2.46. The van der Waals surface area contributed by atoms with Gasteiger partial charge < -0.3 is 15.4 Å². The highest BCUT2D eigenvalue weighted by molar-refractivity contribution is 5.77. The molecule has 0 saturated carbocycles. The molecule has 4 heteroatoms. The van der Waals surface area contributed by atoms with E-state index >= 15 is 0 Å². The number of carbonyl (C=O) groups excluding carboxylic acids is 1. The van der Waals surface area contributed by atoms with E-state index in [4.69, 9.17) is 4.74 Å². The van der Waals surface area contributed by atoms with Crippen molar-refractivity contribution in [2.45, 2.75) is 12.8 Å². The first-order valence-corrected chi connectivity index (χ1v) is 5.49. The van der Waals surface area contributed by atoms with Crippen molar-refractivity contribution in [3.63, 3.8) is 0 Å². The standard InChI is InChI=1S/C11H20N2O2/c1-2-6-15-9-11(14)13-8-10-4-3-5-12-7-10/h2,10,12H,1,3-9H2,(H,13,14). The van der Waals surface area contributed by atoms with Gasteiger partial charge in [0, 0.05) is 6.54 Å². The topological polar surface area (TPSA) is 50.4 Å². The molecule has 86 valence electrons. The summed E-state index contributed by atoms with van der Waals surface area (Å²) < 4.78 is 5.04. The van der Waals surface area contributed by atoms with Crippen LogP contribution < -0.4 is 10.6 Å². The number of piperidine rings is 1. The Morgan fingerprint density at radius 2 is 2.53 bits per heavy atom. The quantitative estimate of drug-likeness (QED) is 0.492. The van der Waals surface area contributed by atoms with Gasteiger partial charge in [-0.1, -0.05) is 6.08 Å². The molecule has 4 nitrogen and oxygen atoms in total. The van der Waals surface area contributed by atoms with Crippen molar-refractivity contribution in [1.82, 2.24) is 10.6 Å². The van der Waals surface area contributed by atoms with Gasteiger partial charge in [-0.05, 0) is 31.8 Å². The molecule has 0 aliphatic carbocycles. The number of nitrogens with one attached hydrogen (secondary N) is 2. The van der Waals surface area contributed by atoms with Crippen molar-refractivity contribution in [3.05, 3.63) is 12.7 Å². The average Bonchev–Trinajstić information content (AvgIpc) is 2.28. The van der Waals surface area contributed by atoms with Crippen LogP contribution in [0.3, 0.4) is 0 Å². The first-order chi connectivity index (χ1) is 7.33. The maximum Gasteiger partial charge on any atom is 0.246 e. The fourth-order valence-electron chi connectivity index (χ4n) is 1.64. The molecule has 1 aliphatic heterocycles. The van der Waals surface area contributed by atoms with Crippen molar-refractivity contribution in [2.24, 2.45) is 5.92 Å². The molecule has 1 aliphatic rings. The summed E-state index contributed by atoms with van der Waals surface area (Å²) in [4.78, 5) is 11.3. The van der Waals surface area contributed by atoms with E-state index < -0.39 is 0 Å². The van der Waals surface area contributed by atoms with Crippen LogP contribution in [0.2, 0.25) is 0 Å². The van der Waals surface area contributed by atoms with Crippen molar-refractivity contribution in [1.29, 1.82) is 0 Å². The Bertz CT molecular complexity index is 201. The zero-order chi connectivity index (χ0) is 10.9. The SMILES string of the molecule is C=CCOCC(=O)NCC1CCCNC1. The largest absolute Gasteiger partial charge is 0.368 e. The second-order valence-corrected chi connectivity index (χ2v) is 3.82. The Morgan fingerprint density at radius 3 is 3.20 bits per heavy atom. The summed E-state index contributed by atoms with van der Waals surface area (Å²) in [5.74, 6) is 0.532. The molecule has 0 aromatic heterocycles. The van der Waals surface area contributed by atoms with Gasteiger partial charge >= 0.3 is 0 Å². The number of rotatable bonds is 6. The Labute approximate surface area is 91.1 Å². The van der Waals surface area contributed by atoms with Crippen LogP contribution in [0.4, 0.5) is 0 Å². The number of hydrogen-bond acceptors (Lipinski definition) is 3. The first-order valence-electron chi connectivity index (χ1n) is 5.49. The van der Waals surface area contributed by atoms with Crippen molar-refractivity contribution < 1.29 is 9.53 Å². The predicted molar refractivity (Wildman–Crippen MR) is 59.6 cm³/mol. The van der Waals surface area contributed by atoms with Crippen LogP contribution in [-0.4, -0.2) is 38.8 Å². The van der Waals surface area contributed by atoms with Crippen LogP contribution in [0.1, 0.15) is 12.8 Å². The molecule has 15 heavy (non-hydrogen) atoms. The monoisotopic (exact) mass is 212 g/mol. The summed E-state index contributed by atoms with van der Waals surface area (Å²) in [6, 6.07) is 0. The molecule has 1 heterocycles. The second kappa shape index (κ2) is 7.43. The van der Waals surface area contributed by atoms with Crippen LogP contribution >= 0.6 is 0 Å². The van der Waals surface area contributed by atoms with Gasteiger partial charge in [0.1, 0.15) is 6.61 Å². The highest BCUT2D eigenvalue weighted by Gasteiger charge is 2.13. The molecule has 0 aromatic rings. The minimum Gasteiger partial charge on any atom is -0.368 e. The van der Waals surface area contributed by atoms with Gasteiger partial charge in [-0.25, -0.2) is 0 Å². The fraction of sp³-hybridized carbons (Fsp3) is 0.727. The third kappa shape index (κ3) is 5.54. The van der Waals surface area contributed by atoms with E-state index in [2.05, 4.69) is 17.2 Å². The molecular weight excluding hydrogens is 192 g/mol. The molecule has 1 rings (SSSR count). The minimum atomic E-state index is -0.0394. The maximum atomic E-state index is 11.3. The number of amides is 1. The van der Waals surface area contributed by atoms with Gasteiger partial charge in [0.05, 0.1) is 6.61 Å². The van der Waals surface area contributed by atoms with Gasteiger partial charge in [-0.3, -0.25) is 4.79 Å². The summed E-state index contributed by atoms with van der Waals surface area (Å²) in [6.45, 7) is 6.94. The van der Waals surface area contributed by atoms with E-state index in [1.165, 1.54) is 12.8 Å². The predicted octanol–water partition coefficient (Wildman–Crippen LogP) is 0.305. The summed E-state index contributed by atoms with van der Waals surface area (Å²) >= 11 is 0. The Kier molecular flexibility index (Phi) is 6.04. The normalized spacial score (nSPS) is 20.9. The highest BCUT2D eigenvalue weighted by Crippen LogP contribution is 2.07. The van der Waals surface area contributed by atoms with Crippen molar-refractivity contribution in [3.8, 4) is 0 Å². The van der Waals surface area contributed by atoms with Crippen LogP contribution in [0.25, 0.3) is 0 Å². The lowest BCUT2D eigenvalue weighted by Crippen LogP contribution is -2.39. The third-order valence-corrected chi connectivity index (χ3v) is 2.46.